The molecule has 0 bridgehead atoms. The van der Waals surface area contributed by atoms with E-state index in [1.54, 1.807) is 0 Å². The summed E-state index contributed by atoms with van der Waals surface area (Å²) >= 11 is 0. The first-order chi connectivity index (χ1) is 5.59. The molecule has 0 aromatic carbocycles. The molecule has 0 aromatic rings. The summed E-state index contributed by atoms with van der Waals surface area (Å²) in [4.78, 5) is 0. The monoisotopic (exact) mass is 188 g/mol. The lowest BCUT2D eigenvalue weighted by Crippen LogP contribution is -2.51. The van der Waals surface area contributed by atoms with Gasteiger partial charge in [0.1, 0.15) is 0 Å². The van der Waals surface area contributed by atoms with Gasteiger partial charge in [-0.2, -0.15) is 0 Å². The Labute approximate surface area is 76.5 Å². The second-order valence-electron chi connectivity index (χ2n) is 4.08. The van der Waals surface area contributed by atoms with Gasteiger partial charge >= 0.3 is 8.56 Å². The molecular weight excluding hydrogens is 168 g/mol. The van der Waals surface area contributed by atoms with E-state index in [1.807, 2.05) is 0 Å². The zero-order valence-corrected chi connectivity index (χ0v) is 9.59. The van der Waals surface area contributed by atoms with Crippen molar-refractivity contribution in [3.05, 3.63) is 0 Å². The van der Waals surface area contributed by atoms with E-state index in [4.69, 9.17) is 8.85 Å². The molecular formula is C9H20O2Si. The highest BCUT2D eigenvalue weighted by Crippen LogP contribution is 2.36. The van der Waals surface area contributed by atoms with Gasteiger partial charge < -0.3 is 8.85 Å². The molecule has 0 amide bonds. The van der Waals surface area contributed by atoms with Crippen LogP contribution in [0.2, 0.25) is 11.1 Å². The molecule has 0 aromatic heterocycles. The lowest BCUT2D eigenvalue weighted by atomic mass is 10.5. The third-order valence-electron chi connectivity index (χ3n) is 2.55. The summed E-state index contributed by atoms with van der Waals surface area (Å²) in [5.74, 6) is 0. The molecule has 1 fully saturated rings. The predicted octanol–water partition coefficient (Wildman–Crippen LogP) is 2.69. The fourth-order valence-corrected chi connectivity index (χ4v) is 5.57. The van der Waals surface area contributed by atoms with Crippen molar-refractivity contribution in [3.8, 4) is 0 Å². The van der Waals surface area contributed by atoms with Crippen LogP contribution in [-0.4, -0.2) is 21.8 Å². The Morgan fingerprint density at radius 1 is 0.917 bits per heavy atom. The second kappa shape index (κ2) is 3.90. The Morgan fingerprint density at radius 3 is 1.58 bits per heavy atom. The summed E-state index contributed by atoms with van der Waals surface area (Å²) in [6.45, 7) is 10.7. The molecule has 0 unspecified atom stereocenters. The lowest BCUT2D eigenvalue weighted by molar-refractivity contribution is 0.0967. The molecule has 0 aliphatic carbocycles. The van der Waals surface area contributed by atoms with Crippen LogP contribution in [0.1, 0.15) is 34.1 Å². The van der Waals surface area contributed by atoms with Crippen LogP contribution >= 0.6 is 0 Å². The van der Waals surface area contributed by atoms with Crippen LogP contribution < -0.4 is 0 Å². The van der Waals surface area contributed by atoms with Crippen molar-refractivity contribution in [2.45, 2.75) is 45.2 Å². The minimum absolute atomic E-state index is 0.567. The normalized spacial score (nSPS) is 23.5. The molecule has 0 spiro atoms. The lowest BCUT2D eigenvalue weighted by Gasteiger charge is -2.40. The van der Waals surface area contributed by atoms with Crippen LogP contribution in [0.25, 0.3) is 0 Å². The van der Waals surface area contributed by atoms with Crippen molar-refractivity contribution in [2.24, 2.45) is 0 Å². The average molecular weight is 188 g/mol. The van der Waals surface area contributed by atoms with E-state index < -0.39 is 8.56 Å². The smallest absolute Gasteiger partial charge is 0.343 e. The predicted molar refractivity (Wildman–Crippen MR) is 52.5 cm³/mol. The Hall–Kier alpha value is 0.137. The molecule has 0 radical (unpaired) electrons. The van der Waals surface area contributed by atoms with Crippen molar-refractivity contribution in [2.75, 3.05) is 13.2 Å². The summed E-state index contributed by atoms with van der Waals surface area (Å²) in [6, 6.07) is 0. The highest BCUT2D eigenvalue weighted by Gasteiger charge is 2.46. The van der Waals surface area contributed by atoms with E-state index in [2.05, 4.69) is 27.7 Å². The van der Waals surface area contributed by atoms with Crippen molar-refractivity contribution in [1.29, 1.82) is 0 Å². The van der Waals surface area contributed by atoms with Gasteiger partial charge in [0, 0.05) is 13.2 Å². The van der Waals surface area contributed by atoms with Crippen LogP contribution in [0.4, 0.5) is 0 Å². The fourth-order valence-electron chi connectivity index (χ4n) is 1.90. The van der Waals surface area contributed by atoms with E-state index in [1.165, 1.54) is 0 Å². The summed E-state index contributed by atoms with van der Waals surface area (Å²) in [5, 5.41) is 0. The first kappa shape index (κ1) is 10.2. The van der Waals surface area contributed by atoms with Gasteiger partial charge in [-0.3, -0.25) is 0 Å². The first-order valence-corrected chi connectivity index (χ1v) is 6.84. The highest BCUT2D eigenvalue weighted by atomic mass is 28.4. The molecule has 72 valence electrons. The molecule has 12 heavy (non-hydrogen) atoms. The van der Waals surface area contributed by atoms with Crippen LogP contribution in [0.3, 0.4) is 0 Å². The molecule has 0 atom stereocenters. The van der Waals surface area contributed by atoms with Gasteiger partial charge in [-0.15, -0.1) is 0 Å². The van der Waals surface area contributed by atoms with E-state index in [9.17, 15) is 0 Å². The fraction of sp³-hybridized carbons (Fsp3) is 1.00. The van der Waals surface area contributed by atoms with Crippen LogP contribution in [-0.2, 0) is 8.85 Å². The molecule has 1 rings (SSSR count). The zero-order chi connectivity index (χ0) is 9.19. The van der Waals surface area contributed by atoms with Gasteiger partial charge in [0.25, 0.3) is 0 Å². The van der Waals surface area contributed by atoms with Crippen LogP contribution in [0.15, 0.2) is 0 Å². The Bertz CT molecular complexity index is 129. The molecule has 1 aliphatic heterocycles. The molecule has 0 N–H and O–H groups in total. The minimum atomic E-state index is -1.84. The minimum Gasteiger partial charge on any atom is -0.394 e. The van der Waals surface area contributed by atoms with Crippen molar-refractivity contribution in [3.63, 3.8) is 0 Å². The van der Waals surface area contributed by atoms with Gasteiger partial charge in [0.05, 0.1) is 0 Å². The van der Waals surface area contributed by atoms with E-state index in [-0.39, 0.29) is 0 Å². The average Bonchev–Trinajstić information content (AvgIpc) is 2.05. The van der Waals surface area contributed by atoms with E-state index >= 15 is 0 Å². The maximum atomic E-state index is 5.91. The molecule has 2 nitrogen and oxygen atoms in total. The van der Waals surface area contributed by atoms with E-state index in [0.717, 1.165) is 19.6 Å². The molecule has 1 heterocycles. The van der Waals surface area contributed by atoms with Gasteiger partial charge in [-0.1, -0.05) is 27.7 Å². The molecule has 1 aliphatic rings. The second-order valence-corrected chi connectivity index (χ2v) is 8.41. The summed E-state index contributed by atoms with van der Waals surface area (Å²) < 4.78 is 11.8. The molecule has 0 saturated carbocycles. The zero-order valence-electron chi connectivity index (χ0n) is 8.59. The standard InChI is InChI=1S/C9H20O2Si/c1-8(2)12(9(3)4)10-6-5-7-11-12/h8-9H,5-7H2,1-4H3. The number of hydrogen-bond acceptors (Lipinski definition) is 2. The highest BCUT2D eigenvalue weighted by molar-refractivity contribution is 6.70. The van der Waals surface area contributed by atoms with Crippen molar-refractivity contribution < 1.29 is 8.85 Å². The quantitative estimate of drug-likeness (QED) is 0.620. The van der Waals surface area contributed by atoms with Crippen LogP contribution in [0.5, 0.6) is 0 Å². The molecule has 3 heteroatoms. The van der Waals surface area contributed by atoms with Gasteiger partial charge in [-0.05, 0) is 17.5 Å². The van der Waals surface area contributed by atoms with Gasteiger partial charge in [-0.25, -0.2) is 0 Å². The topological polar surface area (TPSA) is 18.5 Å². The van der Waals surface area contributed by atoms with Crippen LogP contribution in [0, 0.1) is 0 Å². The Morgan fingerprint density at radius 2 is 1.33 bits per heavy atom. The van der Waals surface area contributed by atoms with Gasteiger partial charge in [0.2, 0.25) is 0 Å². The summed E-state index contributed by atoms with van der Waals surface area (Å²) in [7, 11) is -1.84. The van der Waals surface area contributed by atoms with Gasteiger partial charge in [0.15, 0.2) is 0 Å². The third kappa shape index (κ3) is 1.73. The largest absolute Gasteiger partial charge is 0.394 e. The van der Waals surface area contributed by atoms with Crippen molar-refractivity contribution in [1.82, 2.24) is 0 Å². The third-order valence-corrected chi connectivity index (χ3v) is 7.08. The number of hydrogen-bond donors (Lipinski definition) is 0. The summed E-state index contributed by atoms with van der Waals surface area (Å²) in [5.41, 5.74) is 1.13. The Kier molecular flexibility index (Phi) is 3.32. The summed E-state index contributed by atoms with van der Waals surface area (Å²) in [6.07, 6.45) is 1.06. The molecule has 1 saturated heterocycles. The maximum absolute atomic E-state index is 5.91. The maximum Gasteiger partial charge on any atom is 0.343 e. The number of rotatable bonds is 2. The van der Waals surface area contributed by atoms with Crippen molar-refractivity contribution >= 4 is 8.56 Å². The SMILES string of the molecule is CC(C)[Si]1(C(C)C)OCCCO1. The first-order valence-electron chi connectivity index (χ1n) is 4.87. The Balaban J connectivity index is 2.70. The van der Waals surface area contributed by atoms with E-state index in [0.29, 0.717) is 11.1 Å².